The Morgan fingerprint density at radius 1 is 1.17 bits per heavy atom. The van der Waals surface area contributed by atoms with Crippen molar-refractivity contribution in [1.29, 1.82) is 0 Å². The molecular formula is C15H5Cl2NaO5S. The molecule has 0 aliphatic heterocycles. The van der Waals surface area contributed by atoms with Crippen LogP contribution in [0.1, 0.15) is 25.8 Å². The number of hydrogen-bond donors (Lipinski definition) is 0. The Morgan fingerprint density at radius 3 is 2.46 bits per heavy atom. The standard InChI is InChI=1S/C15H6Cl2O5S.Na/c16-11-7(13(19)10-2-1-3-23-10)4-6-8(18)5-9(15(20)21)22-14(6)12(11)17;/h1-5H,(H,20,21);/q;+1/p-1. The summed E-state index contributed by atoms with van der Waals surface area (Å²) in [4.78, 5) is 35.8. The molecule has 0 amide bonds. The second-order valence-corrected chi connectivity index (χ2v) is 6.20. The average molecular weight is 391 g/mol. The van der Waals surface area contributed by atoms with Crippen LogP contribution in [-0.2, 0) is 0 Å². The molecule has 9 heteroatoms. The summed E-state index contributed by atoms with van der Waals surface area (Å²) in [5.41, 5.74) is -0.824. The smallest absolute Gasteiger partial charge is 0.542 e. The van der Waals surface area contributed by atoms with Crippen LogP contribution in [0.15, 0.2) is 38.9 Å². The van der Waals surface area contributed by atoms with Crippen molar-refractivity contribution >= 4 is 57.3 Å². The molecular weight excluding hydrogens is 386 g/mol. The quantitative estimate of drug-likeness (QED) is 0.455. The van der Waals surface area contributed by atoms with E-state index in [2.05, 4.69) is 0 Å². The maximum absolute atomic E-state index is 12.4. The summed E-state index contributed by atoms with van der Waals surface area (Å²) >= 11 is 13.4. The maximum atomic E-state index is 12.4. The van der Waals surface area contributed by atoms with Crippen LogP contribution in [-0.4, -0.2) is 11.8 Å². The predicted molar refractivity (Wildman–Crippen MR) is 84.6 cm³/mol. The number of carboxylic acid groups (broad SMARTS) is 1. The van der Waals surface area contributed by atoms with Gasteiger partial charge < -0.3 is 14.3 Å². The van der Waals surface area contributed by atoms with Gasteiger partial charge >= 0.3 is 29.6 Å². The minimum absolute atomic E-state index is 0. The molecule has 0 unspecified atom stereocenters. The van der Waals surface area contributed by atoms with Gasteiger partial charge in [0.25, 0.3) is 0 Å². The van der Waals surface area contributed by atoms with Gasteiger partial charge in [0.15, 0.2) is 16.8 Å². The molecule has 0 aliphatic carbocycles. The monoisotopic (exact) mass is 390 g/mol. The largest absolute Gasteiger partial charge is 1.00 e. The van der Waals surface area contributed by atoms with Crippen molar-refractivity contribution in [1.82, 2.24) is 0 Å². The van der Waals surface area contributed by atoms with E-state index in [9.17, 15) is 19.5 Å². The van der Waals surface area contributed by atoms with Crippen molar-refractivity contribution in [2.24, 2.45) is 0 Å². The van der Waals surface area contributed by atoms with Crippen molar-refractivity contribution in [2.45, 2.75) is 0 Å². The van der Waals surface area contributed by atoms with Crippen LogP contribution in [0.4, 0.5) is 0 Å². The van der Waals surface area contributed by atoms with Crippen molar-refractivity contribution in [3.05, 3.63) is 66.1 Å². The fraction of sp³-hybridized carbons (Fsp3) is 0. The number of fused-ring (bicyclic) bond motifs is 1. The number of halogens is 2. The number of thiophene rings is 1. The Morgan fingerprint density at radius 2 is 1.88 bits per heavy atom. The van der Waals surface area contributed by atoms with E-state index in [1.54, 1.807) is 17.5 Å². The number of benzene rings is 1. The number of rotatable bonds is 3. The average Bonchev–Trinajstić information content (AvgIpc) is 3.04. The fourth-order valence-electron chi connectivity index (χ4n) is 2.03. The van der Waals surface area contributed by atoms with Gasteiger partial charge in [0.05, 0.1) is 15.3 Å². The van der Waals surface area contributed by atoms with Gasteiger partial charge in [-0.15, -0.1) is 11.3 Å². The van der Waals surface area contributed by atoms with Crippen LogP contribution < -0.4 is 40.1 Å². The zero-order valence-corrected chi connectivity index (χ0v) is 16.4. The second-order valence-electron chi connectivity index (χ2n) is 4.50. The second kappa shape index (κ2) is 7.39. The fourth-order valence-corrected chi connectivity index (χ4v) is 3.18. The molecule has 0 atom stereocenters. The molecule has 116 valence electrons. The van der Waals surface area contributed by atoms with Crippen molar-refractivity contribution in [2.75, 3.05) is 0 Å². The van der Waals surface area contributed by atoms with E-state index >= 15 is 0 Å². The van der Waals surface area contributed by atoms with Crippen molar-refractivity contribution in [3.63, 3.8) is 0 Å². The van der Waals surface area contributed by atoms with Gasteiger partial charge in [-0.3, -0.25) is 9.59 Å². The molecule has 0 spiro atoms. The maximum Gasteiger partial charge on any atom is 1.00 e. The SMILES string of the molecule is O=C([O-])c1cc(=O)c2cc(C(=O)c3cccs3)c(Cl)c(Cl)c2o1.[Na+]. The summed E-state index contributed by atoms with van der Waals surface area (Å²) in [5, 5.41) is 12.2. The summed E-state index contributed by atoms with van der Waals surface area (Å²) in [6, 6.07) is 5.33. The van der Waals surface area contributed by atoms with Crippen LogP contribution in [0.5, 0.6) is 0 Å². The molecule has 1 aromatic carbocycles. The third-order valence-electron chi connectivity index (χ3n) is 3.09. The number of carbonyl (C=O) groups is 2. The van der Waals surface area contributed by atoms with Crippen molar-refractivity contribution in [3.8, 4) is 0 Å². The summed E-state index contributed by atoms with van der Waals surface area (Å²) in [6.07, 6.45) is 0. The van der Waals surface area contributed by atoms with E-state index in [0.717, 1.165) is 6.07 Å². The number of ketones is 1. The molecule has 0 bridgehead atoms. The van der Waals surface area contributed by atoms with Crippen LogP contribution in [0, 0.1) is 0 Å². The van der Waals surface area contributed by atoms with Gasteiger partial charge in [0.1, 0.15) is 11.0 Å². The third kappa shape index (κ3) is 3.31. The van der Waals surface area contributed by atoms with Gasteiger partial charge in [0, 0.05) is 11.6 Å². The molecule has 24 heavy (non-hydrogen) atoms. The molecule has 0 aliphatic rings. The number of carbonyl (C=O) groups excluding carboxylic acids is 2. The first-order chi connectivity index (χ1) is 10.9. The Kier molecular flexibility index (Phi) is 5.91. The van der Waals surface area contributed by atoms with E-state index in [1.165, 1.54) is 17.4 Å². The zero-order valence-electron chi connectivity index (χ0n) is 12.1. The number of hydrogen-bond acceptors (Lipinski definition) is 6. The molecule has 5 nitrogen and oxygen atoms in total. The first-order valence-electron chi connectivity index (χ1n) is 6.15. The third-order valence-corrected chi connectivity index (χ3v) is 4.81. The van der Waals surface area contributed by atoms with Crippen LogP contribution in [0.3, 0.4) is 0 Å². The molecule has 3 rings (SSSR count). The molecule has 0 saturated carbocycles. The predicted octanol–water partition coefficient (Wildman–Crippen LogP) is -0.240. The Hall–Kier alpha value is -1.15. The molecule has 3 aromatic rings. The first kappa shape index (κ1) is 19.2. The zero-order chi connectivity index (χ0) is 16.7. The minimum Gasteiger partial charge on any atom is -0.542 e. The van der Waals surface area contributed by atoms with Gasteiger partial charge in [-0.05, 0) is 17.5 Å². The Labute approximate surface area is 171 Å². The molecule has 2 heterocycles. The Balaban J connectivity index is 0.00000208. The summed E-state index contributed by atoms with van der Waals surface area (Å²) in [7, 11) is 0. The Bertz CT molecular complexity index is 1010. The summed E-state index contributed by atoms with van der Waals surface area (Å²) < 4.78 is 5.05. The first-order valence-corrected chi connectivity index (χ1v) is 7.79. The molecule has 0 N–H and O–H groups in total. The minimum atomic E-state index is -1.66. The van der Waals surface area contributed by atoms with Gasteiger partial charge in [-0.1, -0.05) is 29.3 Å². The number of aromatic carboxylic acids is 1. The number of carboxylic acids is 1. The van der Waals surface area contributed by atoms with Gasteiger partial charge in [-0.2, -0.15) is 0 Å². The van der Waals surface area contributed by atoms with E-state index in [0.29, 0.717) is 4.88 Å². The molecule has 0 radical (unpaired) electrons. The van der Waals surface area contributed by atoms with Gasteiger partial charge in [0.2, 0.25) is 5.78 Å². The summed E-state index contributed by atoms with van der Waals surface area (Å²) in [6.45, 7) is 0. The van der Waals surface area contributed by atoms with Gasteiger partial charge in [-0.25, -0.2) is 0 Å². The topological polar surface area (TPSA) is 87.4 Å². The molecule has 0 saturated heterocycles. The molecule has 0 fully saturated rings. The van der Waals surface area contributed by atoms with E-state index in [-0.39, 0.29) is 56.1 Å². The van der Waals surface area contributed by atoms with Crippen molar-refractivity contribution < 1.29 is 48.7 Å². The van der Waals surface area contributed by atoms with E-state index in [4.69, 9.17) is 27.6 Å². The van der Waals surface area contributed by atoms with Crippen LogP contribution >= 0.6 is 34.5 Å². The van der Waals surface area contributed by atoms with Crippen LogP contribution in [0.2, 0.25) is 10.0 Å². The normalized spacial score (nSPS) is 10.4. The molecule has 2 aromatic heterocycles. The van der Waals surface area contributed by atoms with E-state index < -0.39 is 22.9 Å². The summed E-state index contributed by atoms with van der Waals surface area (Å²) in [5.74, 6) is -2.72. The van der Waals surface area contributed by atoms with E-state index in [1.807, 2.05) is 0 Å². The van der Waals surface area contributed by atoms with Crippen LogP contribution in [0.25, 0.3) is 11.0 Å².